The van der Waals surface area contributed by atoms with Crippen LogP contribution in [0.25, 0.3) is 33.8 Å². The third-order valence-electron chi connectivity index (χ3n) is 3.94. The molecule has 25 heavy (non-hydrogen) atoms. The molecular formula is C19H16N6. The van der Waals surface area contributed by atoms with Crippen LogP contribution in [0.3, 0.4) is 0 Å². The van der Waals surface area contributed by atoms with E-state index < -0.39 is 0 Å². The number of nitrogens with two attached hydrogens (primary N) is 2. The summed E-state index contributed by atoms with van der Waals surface area (Å²) in [5.41, 5.74) is 16.6. The van der Waals surface area contributed by atoms with Crippen LogP contribution in [0, 0.1) is 6.92 Å². The first kappa shape index (κ1) is 15.0. The Morgan fingerprint density at radius 3 is 2.12 bits per heavy atom. The lowest BCUT2D eigenvalue weighted by atomic mass is 10.1. The van der Waals surface area contributed by atoms with Crippen LogP contribution >= 0.6 is 0 Å². The molecule has 4 rings (SSSR count). The molecule has 4 aromatic rings. The van der Waals surface area contributed by atoms with Gasteiger partial charge in [0.15, 0.2) is 28.6 Å². The van der Waals surface area contributed by atoms with Gasteiger partial charge in [0.25, 0.3) is 0 Å². The van der Waals surface area contributed by atoms with Gasteiger partial charge in [0.2, 0.25) is 0 Å². The number of hydrogen-bond donors (Lipinski definition) is 2. The van der Waals surface area contributed by atoms with Crippen LogP contribution in [0.15, 0.2) is 54.6 Å². The van der Waals surface area contributed by atoms with Crippen LogP contribution in [0.2, 0.25) is 0 Å². The van der Waals surface area contributed by atoms with Gasteiger partial charge in [-0.3, -0.25) is 0 Å². The van der Waals surface area contributed by atoms with Crippen molar-refractivity contribution < 1.29 is 0 Å². The summed E-state index contributed by atoms with van der Waals surface area (Å²) >= 11 is 0. The van der Waals surface area contributed by atoms with Gasteiger partial charge in [0.05, 0.1) is 0 Å². The standard InChI is InChI=1S/C19H16N6/c1-11-7-9-12(10-8-11)14-16(20)24-19-15(22-14)17(21)23-18(25-19)13-5-3-2-4-6-13/h2-10H,1H3,(H4,20,21,23,24,25). The monoisotopic (exact) mass is 328 g/mol. The fourth-order valence-electron chi connectivity index (χ4n) is 2.62. The Hall–Kier alpha value is -3.54. The molecule has 0 aliphatic rings. The lowest BCUT2D eigenvalue weighted by molar-refractivity contribution is 1.16. The maximum absolute atomic E-state index is 6.12. The minimum absolute atomic E-state index is 0.282. The van der Waals surface area contributed by atoms with Crippen LogP contribution in [0.1, 0.15) is 5.56 Å². The summed E-state index contributed by atoms with van der Waals surface area (Å²) in [7, 11) is 0. The lowest BCUT2D eigenvalue weighted by Crippen LogP contribution is -2.05. The first-order chi connectivity index (χ1) is 12.1. The molecule has 0 atom stereocenters. The van der Waals surface area contributed by atoms with E-state index in [1.165, 1.54) is 0 Å². The number of anilines is 2. The summed E-state index contributed by atoms with van der Waals surface area (Å²) in [6, 6.07) is 17.5. The van der Waals surface area contributed by atoms with Gasteiger partial charge in [-0.2, -0.15) is 0 Å². The van der Waals surface area contributed by atoms with Crippen molar-refractivity contribution >= 4 is 22.8 Å². The Balaban J connectivity index is 1.89. The SMILES string of the molecule is Cc1ccc(-c2nc3c(N)nc(-c4ccccc4)nc3nc2N)cc1. The molecule has 0 fully saturated rings. The largest absolute Gasteiger partial charge is 0.382 e. The quantitative estimate of drug-likeness (QED) is 0.585. The fraction of sp³-hybridized carbons (Fsp3) is 0.0526. The van der Waals surface area contributed by atoms with Gasteiger partial charge < -0.3 is 11.5 Å². The molecular weight excluding hydrogens is 312 g/mol. The van der Waals surface area contributed by atoms with Gasteiger partial charge >= 0.3 is 0 Å². The summed E-state index contributed by atoms with van der Waals surface area (Å²) < 4.78 is 0. The molecule has 0 saturated carbocycles. The Bertz CT molecular complexity index is 1060. The number of aromatic nitrogens is 4. The predicted molar refractivity (Wildman–Crippen MR) is 99.6 cm³/mol. The van der Waals surface area contributed by atoms with Crippen molar-refractivity contribution in [2.24, 2.45) is 0 Å². The summed E-state index contributed by atoms with van der Waals surface area (Å²) in [6.45, 7) is 2.02. The normalized spacial score (nSPS) is 10.9. The molecule has 0 spiro atoms. The van der Waals surface area contributed by atoms with Gasteiger partial charge in [-0.05, 0) is 6.92 Å². The number of nitrogen functional groups attached to an aromatic ring is 2. The van der Waals surface area contributed by atoms with E-state index in [1.807, 2.05) is 61.5 Å². The highest BCUT2D eigenvalue weighted by atomic mass is 15.1. The topological polar surface area (TPSA) is 104 Å². The van der Waals surface area contributed by atoms with E-state index in [1.54, 1.807) is 0 Å². The van der Waals surface area contributed by atoms with Crippen molar-refractivity contribution in [1.82, 2.24) is 19.9 Å². The van der Waals surface area contributed by atoms with E-state index in [-0.39, 0.29) is 5.82 Å². The van der Waals surface area contributed by atoms with Crippen LogP contribution in [0.5, 0.6) is 0 Å². The van der Waals surface area contributed by atoms with Crippen molar-refractivity contribution in [3.05, 3.63) is 60.2 Å². The Labute approximate surface area is 144 Å². The molecule has 122 valence electrons. The van der Waals surface area contributed by atoms with E-state index in [4.69, 9.17) is 11.5 Å². The molecule has 0 aliphatic heterocycles. The molecule has 2 aromatic carbocycles. The summed E-state index contributed by atoms with van der Waals surface area (Å²) in [4.78, 5) is 17.8. The third-order valence-corrected chi connectivity index (χ3v) is 3.94. The molecule has 0 aliphatic carbocycles. The van der Waals surface area contributed by atoms with E-state index >= 15 is 0 Å². The summed E-state index contributed by atoms with van der Waals surface area (Å²) in [5.74, 6) is 1.10. The molecule has 4 N–H and O–H groups in total. The zero-order valence-electron chi connectivity index (χ0n) is 13.6. The van der Waals surface area contributed by atoms with Gasteiger partial charge in [0, 0.05) is 11.1 Å². The first-order valence-corrected chi connectivity index (χ1v) is 7.85. The van der Waals surface area contributed by atoms with Crippen LogP contribution < -0.4 is 11.5 Å². The van der Waals surface area contributed by atoms with Crippen molar-refractivity contribution in [1.29, 1.82) is 0 Å². The van der Waals surface area contributed by atoms with Gasteiger partial charge in [-0.15, -0.1) is 0 Å². The van der Waals surface area contributed by atoms with E-state index in [0.717, 1.165) is 16.7 Å². The highest BCUT2D eigenvalue weighted by molar-refractivity contribution is 5.87. The van der Waals surface area contributed by atoms with Crippen LogP contribution in [0.4, 0.5) is 11.6 Å². The van der Waals surface area contributed by atoms with Gasteiger partial charge in [-0.1, -0.05) is 60.2 Å². The number of fused-ring (bicyclic) bond motifs is 1. The molecule has 2 heterocycles. The molecule has 0 amide bonds. The van der Waals surface area contributed by atoms with Crippen molar-refractivity contribution in [3.8, 4) is 22.6 Å². The van der Waals surface area contributed by atoms with Crippen LogP contribution in [-0.4, -0.2) is 19.9 Å². The third kappa shape index (κ3) is 2.74. The highest BCUT2D eigenvalue weighted by Gasteiger charge is 2.14. The van der Waals surface area contributed by atoms with Crippen LogP contribution in [-0.2, 0) is 0 Å². The minimum atomic E-state index is 0.282. The van der Waals surface area contributed by atoms with Crippen molar-refractivity contribution in [3.63, 3.8) is 0 Å². The zero-order valence-corrected chi connectivity index (χ0v) is 13.6. The second-order valence-corrected chi connectivity index (χ2v) is 5.79. The molecule has 0 bridgehead atoms. The zero-order chi connectivity index (χ0) is 17.4. The van der Waals surface area contributed by atoms with E-state index in [9.17, 15) is 0 Å². The molecule has 2 aromatic heterocycles. The fourth-order valence-corrected chi connectivity index (χ4v) is 2.62. The number of benzene rings is 2. The smallest absolute Gasteiger partial charge is 0.186 e. The molecule has 0 unspecified atom stereocenters. The summed E-state index contributed by atoms with van der Waals surface area (Å²) in [6.07, 6.45) is 0. The number of nitrogens with zero attached hydrogens (tertiary/aromatic N) is 4. The first-order valence-electron chi connectivity index (χ1n) is 7.85. The lowest BCUT2D eigenvalue weighted by Gasteiger charge is -2.09. The second kappa shape index (κ2) is 5.83. The maximum atomic E-state index is 6.12. The van der Waals surface area contributed by atoms with Crippen molar-refractivity contribution in [2.75, 3.05) is 11.5 Å². The van der Waals surface area contributed by atoms with Crippen molar-refractivity contribution in [2.45, 2.75) is 6.92 Å². The molecule has 6 nitrogen and oxygen atoms in total. The second-order valence-electron chi connectivity index (χ2n) is 5.79. The minimum Gasteiger partial charge on any atom is -0.382 e. The Morgan fingerprint density at radius 2 is 1.40 bits per heavy atom. The van der Waals surface area contributed by atoms with Gasteiger partial charge in [0.1, 0.15) is 5.69 Å². The molecule has 0 saturated heterocycles. The molecule has 0 radical (unpaired) electrons. The predicted octanol–water partition coefficient (Wildman–Crippen LogP) is 3.23. The summed E-state index contributed by atoms with van der Waals surface area (Å²) in [5, 5.41) is 0. The number of hydrogen-bond acceptors (Lipinski definition) is 6. The molecule has 6 heteroatoms. The van der Waals surface area contributed by atoms with Gasteiger partial charge in [-0.25, -0.2) is 19.9 Å². The van der Waals surface area contributed by atoms with E-state index in [2.05, 4.69) is 19.9 Å². The average molecular weight is 328 g/mol. The Morgan fingerprint density at radius 1 is 0.680 bits per heavy atom. The highest BCUT2D eigenvalue weighted by Crippen LogP contribution is 2.27. The average Bonchev–Trinajstić information content (AvgIpc) is 2.63. The number of aryl methyl sites for hydroxylation is 1. The number of rotatable bonds is 2. The van der Waals surface area contributed by atoms with E-state index in [0.29, 0.717) is 28.5 Å². The Kier molecular flexibility index (Phi) is 3.50. The maximum Gasteiger partial charge on any atom is 0.186 e.